The zero-order valence-corrected chi connectivity index (χ0v) is 19.8. The van der Waals surface area contributed by atoms with Crippen molar-refractivity contribution in [3.8, 4) is 22.0 Å². The summed E-state index contributed by atoms with van der Waals surface area (Å²) in [6, 6.07) is 14.6. The molecule has 0 bridgehead atoms. The highest BCUT2D eigenvalue weighted by Crippen LogP contribution is 2.27. The van der Waals surface area contributed by atoms with Crippen molar-refractivity contribution in [1.82, 2.24) is 20.1 Å². The minimum absolute atomic E-state index is 0.0422. The van der Waals surface area contributed by atoms with Crippen LogP contribution in [0.25, 0.3) is 22.0 Å². The van der Waals surface area contributed by atoms with Crippen LogP contribution in [0.2, 0.25) is 10.0 Å². The molecule has 0 aliphatic heterocycles. The lowest BCUT2D eigenvalue weighted by Gasteiger charge is -2.24. The Morgan fingerprint density at radius 1 is 1.06 bits per heavy atom. The molecule has 0 aliphatic rings. The number of aromatic nitrogens is 3. The molecule has 0 unspecified atom stereocenters. The summed E-state index contributed by atoms with van der Waals surface area (Å²) in [7, 11) is 0. The van der Waals surface area contributed by atoms with Crippen molar-refractivity contribution in [2.24, 2.45) is 0 Å². The number of hydrogen-bond acceptors (Lipinski definition) is 6. The predicted octanol–water partition coefficient (Wildman–Crippen LogP) is 6.15. The Kier molecular flexibility index (Phi) is 6.89. The van der Waals surface area contributed by atoms with Crippen LogP contribution in [-0.2, 0) is 17.8 Å². The third-order valence-corrected chi connectivity index (χ3v) is 6.19. The monoisotopic (exact) mass is 486 g/mol. The first-order valence-electron chi connectivity index (χ1n) is 9.97. The average molecular weight is 487 g/mol. The van der Waals surface area contributed by atoms with E-state index in [9.17, 15) is 4.79 Å². The van der Waals surface area contributed by atoms with Crippen molar-refractivity contribution in [3.63, 3.8) is 0 Å². The molecule has 4 rings (SSSR count). The van der Waals surface area contributed by atoms with Crippen LogP contribution < -0.4 is 0 Å². The van der Waals surface area contributed by atoms with Crippen molar-refractivity contribution in [2.45, 2.75) is 32.9 Å². The molecule has 9 heteroatoms. The summed E-state index contributed by atoms with van der Waals surface area (Å²) in [5, 5.41) is 12.2. The highest BCUT2D eigenvalue weighted by molar-refractivity contribution is 7.13. The first-order chi connectivity index (χ1) is 15.4. The third-order valence-electron chi connectivity index (χ3n) is 4.76. The van der Waals surface area contributed by atoms with E-state index in [0.717, 1.165) is 16.1 Å². The molecular formula is C23H20Cl2N4O2S. The van der Waals surface area contributed by atoms with E-state index in [2.05, 4.69) is 15.2 Å². The lowest BCUT2D eigenvalue weighted by molar-refractivity contribution is -0.133. The van der Waals surface area contributed by atoms with Crippen LogP contribution in [-0.4, -0.2) is 32.0 Å². The maximum absolute atomic E-state index is 13.0. The second kappa shape index (κ2) is 9.81. The molecule has 4 aromatic rings. The molecule has 0 saturated heterocycles. The minimum atomic E-state index is -0.0609. The molecule has 0 fully saturated rings. The number of thiazole rings is 1. The van der Waals surface area contributed by atoms with Gasteiger partial charge >= 0.3 is 0 Å². The Morgan fingerprint density at radius 3 is 2.56 bits per heavy atom. The van der Waals surface area contributed by atoms with Crippen molar-refractivity contribution in [3.05, 3.63) is 75.5 Å². The summed E-state index contributed by atoms with van der Waals surface area (Å²) < 4.78 is 5.78. The number of carbonyl (C=O) groups excluding carboxylic acids is 1. The Morgan fingerprint density at radius 2 is 1.84 bits per heavy atom. The van der Waals surface area contributed by atoms with Gasteiger partial charge in [-0.1, -0.05) is 35.3 Å². The van der Waals surface area contributed by atoms with Crippen LogP contribution in [0.4, 0.5) is 0 Å². The van der Waals surface area contributed by atoms with Gasteiger partial charge in [0.2, 0.25) is 17.7 Å². The summed E-state index contributed by atoms with van der Waals surface area (Å²) >= 11 is 13.5. The fourth-order valence-electron chi connectivity index (χ4n) is 3.13. The number of halogens is 2. The predicted molar refractivity (Wildman–Crippen MR) is 127 cm³/mol. The zero-order chi connectivity index (χ0) is 22.7. The van der Waals surface area contributed by atoms with Crippen LogP contribution in [0.3, 0.4) is 0 Å². The first-order valence-corrected chi connectivity index (χ1v) is 11.6. The first kappa shape index (κ1) is 22.5. The van der Waals surface area contributed by atoms with Crippen LogP contribution in [0.5, 0.6) is 0 Å². The van der Waals surface area contributed by atoms with Gasteiger partial charge < -0.3 is 9.32 Å². The van der Waals surface area contributed by atoms with Gasteiger partial charge in [0.15, 0.2) is 0 Å². The molecule has 32 heavy (non-hydrogen) atoms. The van der Waals surface area contributed by atoms with E-state index in [1.165, 1.54) is 11.3 Å². The SMILES string of the molecule is CC(C)N(Cc1nnc(-c2ccc(Cl)cc2)o1)C(=O)Cc1csc(-c2cccc(Cl)c2)n1. The molecule has 0 atom stereocenters. The van der Waals surface area contributed by atoms with Crippen LogP contribution in [0.15, 0.2) is 58.3 Å². The van der Waals surface area contributed by atoms with E-state index < -0.39 is 0 Å². The zero-order valence-electron chi connectivity index (χ0n) is 17.5. The molecule has 0 aliphatic carbocycles. The second-order valence-corrected chi connectivity index (χ2v) is 9.19. The van der Waals surface area contributed by atoms with E-state index in [4.69, 9.17) is 27.6 Å². The molecule has 0 spiro atoms. The van der Waals surface area contributed by atoms with Gasteiger partial charge in [0.1, 0.15) is 5.01 Å². The van der Waals surface area contributed by atoms with E-state index >= 15 is 0 Å². The standard InChI is InChI=1S/C23H20Cl2N4O2S/c1-14(2)29(12-20-27-28-22(31-20)15-6-8-17(24)9-7-15)21(30)11-19-13-32-23(26-19)16-4-3-5-18(25)10-16/h3-10,13-14H,11-12H2,1-2H3. The summed E-state index contributed by atoms with van der Waals surface area (Å²) in [5.41, 5.74) is 2.42. The van der Waals surface area contributed by atoms with Gasteiger partial charge in [-0.15, -0.1) is 21.5 Å². The van der Waals surface area contributed by atoms with Crippen LogP contribution in [0.1, 0.15) is 25.4 Å². The quantitative estimate of drug-likeness (QED) is 0.313. The normalized spacial score (nSPS) is 11.2. The molecule has 1 amide bonds. The van der Waals surface area contributed by atoms with Gasteiger partial charge in [-0.25, -0.2) is 4.98 Å². The van der Waals surface area contributed by atoms with Gasteiger partial charge in [-0.3, -0.25) is 4.79 Å². The van der Waals surface area contributed by atoms with Gasteiger partial charge in [0.05, 0.1) is 18.7 Å². The minimum Gasteiger partial charge on any atom is -0.419 e. The molecule has 0 radical (unpaired) electrons. The fourth-order valence-corrected chi connectivity index (χ4v) is 4.26. The molecule has 2 heterocycles. The molecule has 2 aromatic carbocycles. The Bertz CT molecular complexity index is 1220. The second-order valence-electron chi connectivity index (χ2n) is 7.45. The Labute approximate surface area is 199 Å². The van der Waals surface area contributed by atoms with Gasteiger partial charge in [0, 0.05) is 32.6 Å². The van der Waals surface area contributed by atoms with Crippen LogP contribution in [0, 0.1) is 0 Å². The van der Waals surface area contributed by atoms with E-state index in [1.54, 1.807) is 17.0 Å². The topological polar surface area (TPSA) is 72.1 Å². The number of benzene rings is 2. The number of rotatable bonds is 7. The Hall–Kier alpha value is -2.74. The molecule has 0 saturated carbocycles. The lowest BCUT2D eigenvalue weighted by atomic mass is 10.2. The highest BCUT2D eigenvalue weighted by atomic mass is 35.5. The smallest absolute Gasteiger partial charge is 0.247 e. The molecule has 0 N–H and O–H groups in total. The Balaban J connectivity index is 1.45. The third kappa shape index (κ3) is 5.35. The summed E-state index contributed by atoms with van der Waals surface area (Å²) in [6.45, 7) is 4.13. The average Bonchev–Trinajstić information content (AvgIpc) is 3.42. The fraction of sp³-hybridized carbons (Fsp3) is 0.217. The van der Waals surface area contributed by atoms with Crippen molar-refractivity contribution >= 4 is 40.4 Å². The number of carbonyl (C=O) groups is 1. The lowest BCUT2D eigenvalue weighted by Crippen LogP contribution is -2.37. The highest BCUT2D eigenvalue weighted by Gasteiger charge is 2.22. The maximum Gasteiger partial charge on any atom is 0.247 e. The van der Waals surface area contributed by atoms with E-state index in [-0.39, 0.29) is 24.9 Å². The van der Waals surface area contributed by atoms with Crippen LogP contribution >= 0.6 is 34.5 Å². The largest absolute Gasteiger partial charge is 0.419 e. The van der Waals surface area contributed by atoms with Crippen molar-refractivity contribution in [2.75, 3.05) is 0 Å². The molecule has 6 nitrogen and oxygen atoms in total. The van der Waals surface area contributed by atoms with Gasteiger partial charge in [-0.2, -0.15) is 0 Å². The van der Waals surface area contributed by atoms with E-state index in [0.29, 0.717) is 27.5 Å². The number of amides is 1. The number of hydrogen-bond donors (Lipinski definition) is 0. The summed E-state index contributed by atoms with van der Waals surface area (Å²) in [6.07, 6.45) is 0.188. The number of nitrogens with zero attached hydrogens (tertiary/aromatic N) is 4. The maximum atomic E-state index is 13.0. The summed E-state index contributed by atoms with van der Waals surface area (Å²) in [4.78, 5) is 19.4. The van der Waals surface area contributed by atoms with Crippen molar-refractivity contribution < 1.29 is 9.21 Å². The molecular weight excluding hydrogens is 467 g/mol. The van der Waals surface area contributed by atoms with E-state index in [1.807, 2.05) is 55.6 Å². The molecule has 164 valence electrons. The van der Waals surface area contributed by atoms with Gasteiger partial charge in [0.25, 0.3) is 0 Å². The van der Waals surface area contributed by atoms with Crippen molar-refractivity contribution in [1.29, 1.82) is 0 Å². The summed E-state index contributed by atoms with van der Waals surface area (Å²) in [5.74, 6) is 0.697. The van der Waals surface area contributed by atoms with Gasteiger partial charge in [-0.05, 0) is 50.2 Å². The molecule has 2 aromatic heterocycles.